The highest BCUT2D eigenvalue weighted by atomic mass is 16.3. The lowest BCUT2D eigenvalue weighted by molar-refractivity contribution is 0.669. The van der Waals surface area contributed by atoms with Crippen molar-refractivity contribution in [1.29, 1.82) is 5.41 Å². The summed E-state index contributed by atoms with van der Waals surface area (Å²) in [4.78, 5) is 9.76. The number of fused-ring (bicyclic) bond motifs is 9. The molecule has 0 saturated carbocycles. The van der Waals surface area contributed by atoms with Crippen LogP contribution >= 0.6 is 0 Å². The van der Waals surface area contributed by atoms with Gasteiger partial charge in [0.25, 0.3) is 0 Å². The number of aliphatic imine (C=N–C) groups is 2. The molecule has 4 heteroatoms. The standard InChI is InChI=1S/C51H33N3O/c52-50(35-27-25-34(26-28-35)33-13-3-1-4-14-33)54-51(36-15-5-2-6-16-36)53-32-38-17-11-23-46-48(38)49-39(22-12-24-47(49)55-46)37-29-30-44-42-20-8-7-18-40(42)41-19-9-10-21-43(41)45(44)31-37/h1-32,52H. The van der Waals surface area contributed by atoms with Crippen LogP contribution in [0.2, 0.25) is 0 Å². The third-order valence-corrected chi connectivity index (χ3v) is 10.5. The van der Waals surface area contributed by atoms with Crippen LogP contribution in [0.15, 0.2) is 202 Å². The van der Waals surface area contributed by atoms with E-state index < -0.39 is 0 Å². The molecule has 0 aliphatic carbocycles. The van der Waals surface area contributed by atoms with Crippen LogP contribution < -0.4 is 0 Å². The van der Waals surface area contributed by atoms with Gasteiger partial charge in [0.2, 0.25) is 0 Å². The Bertz CT molecular complexity index is 3100. The summed E-state index contributed by atoms with van der Waals surface area (Å²) in [6.07, 6.45) is 1.85. The summed E-state index contributed by atoms with van der Waals surface area (Å²) >= 11 is 0. The molecule has 0 unspecified atom stereocenters. The highest BCUT2D eigenvalue weighted by Crippen LogP contribution is 2.41. The molecule has 10 aromatic rings. The summed E-state index contributed by atoms with van der Waals surface area (Å²) in [5.74, 6) is 0.595. The normalized spacial score (nSPS) is 12.1. The fraction of sp³-hybridized carbons (Fsp3) is 0. The van der Waals surface area contributed by atoms with Gasteiger partial charge in [-0.1, -0.05) is 170 Å². The van der Waals surface area contributed by atoms with Crippen LogP contribution in [0.5, 0.6) is 0 Å². The van der Waals surface area contributed by atoms with Crippen molar-refractivity contribution in [2.45, 2.75) is 0 Å². The molecule has 1 N–H and O–H groups in total. The number of nitrogens with zero attached hydrogens (tertiary/aromatic N) is 2. The molecule has 0 amide bonds. The van der Waals surface area contributed by atoms with E-state index in [-0.39, 0.29) is 5.84 Å². The van der Waals surface area contributed by atoms with Crippen LogP contribution in [0.3, 0.4) is 0 Å². The van der Waals surface area contributed by atoms with E-state index in [1.54, 1.807) is 0 Å². The smallest absolute Gasteiger partial charge is 0.161 e. The Morgan fingerprint density at radius 3 is 1.67 bits per heavy atom. The third kappa shape index (κ3) is 5.77. The van der Waals surface area contributed by atoms with E-state index in [1.807, 2.05) is 97.2 Å². The van der Waals surface area contributed by atoms with E-state index in [1.165, 1.54) is 32.3 Å². The maximum absolute atomic E-state index is 8.98. The van der Waals surface area contributed by atoms with Gasteiger partial charge in [-0.2, -0.15) is 0 Å². The SMILES string of the molecule is N=C(N=C(N=Cc1cccc2oc3cccc(-c4ccc5c6ccccc6c6ccccc6c5c4)c3c12)c1ccccc1)c1ccc(-c2ccccc2)cc1. The first kappa shape index (κ1) is 32.2. The van der Waals surface area contributed by atoms with Gasteiger partial charge in [0.05, 0.1) is 0 Å². The predicted octanol–water partition coefficient (Wildman–Crippen LogP) is 13.3. The Hall–Kier alpha value is -7.43. The Morgan fingerprint density at radius 1 is 0.436 bits per heavy atom. The van der Waals surface area contributed by atoms with E-state index in [0.717, 1.165) is 55.3 Å². The maximum Gasteiger partial charge on any atom is 0.161 e. The predicted molar refractivity (Wildman–Crippen MR) is 231 cm³/mol. The maximum atomic E-state index is 8.98. The second kappa shape index (κ2) is 13.5. The third-order valence-electron chi connectivity index (χ3n) is 10.5. The van der Waals surface area contributed by atoms with Gasteiger partial charge in [-0.3, -0.25) is 5.41 Å². The summed E-state index contributed by atoms with van der Waals surface area (Å²) in [6, 6.07) is 64.5. The molecular formula is C51H33N3O. The first-order chi connectivity index (χ1) is 27.2. The van der Waals surface area contributed by atoms with Gasteiger partial charge in [0.15, 0.2) is 11.7 Å². The van der Waals surface area contributed by atoms with E-state index in [9.17, 15) is 0 Å². The molecular weight excluding hydrogens is 671 g/mol. The van der Waals surface area contributed by atoms with Crippen LogP contribution in [-0.4, -0.2) is 17.9 Å². The number of hydrogen-bond acceptors (Lipinski definition) is 2. The van der Waals surface area contributed by atoms with Crippen molar-refractivity contribution in [3.05, 3.63) is 205 Å². The Kier molecular flexibility index (Phi) is 7.93. The lowest BCUT2D eigenvalue weighted by Gasteiger charge is -2.12. The molecule has 9 aromatic carbocycles. The molecule has 0 radical (unpaired) electrons. The molecule has 55 heavy (non-hydrogen) atoms. The molecule has 0 saturated heterocycles. The summed E-state index contributed by atoms with van der Waals surface area (Å²) in [6.45, 7) is 0. The fourth-order valence-electron chi connectivity index (χ4n) is 7.82. The monoisotopic (exact) mass is 703 g/mol. The zero-order valence-corrected chi connectivity index (χ0v) is 29.8. The number of hydrogen-bond donors (Lipinski definition) is 1. The largest absolute Gasteiger partial charge is 0.456 e. The number of furan rings is 1. The molecule has 0 bridgehead atoms. The number of rotatable bonds is 5. The minimum atomic E-state index is 0.140. The van der Waals surface area contributed by atoms with Crippen LogP contribution in [0.25, 0.3) is 76.5 Å². The molecule has 1 heterocycles. The van der Waals surface area contributed by atoms with Gasteiger partial charge in [-0.15, -0.1) is 0 Å². The molecule has 4 nitrogen and oxygen atoms in total. The van der Waals surface area contributed by atoms with Crippen LogP contribution in [0.4, 0.5) is 0 Å². The summed E-state index contributed by atoms with van der Waals surface area (Å²) in [7, 11) is 0. The van der Waals surface area contributed by atoms with E-state index >= 15 is 0 Å². The van der Waals surface area contributed by atoms with E-state index in [4.69, 9.17) is 19.8 Å². The number of nitrogens with one attached hydrogen (secondary N) is 1. The van der Waals surface area contributed by atoms with Crippen LogP contribution in [0, 0.1) is 5.41 Å². The minimum Gasteiger partial charge on any atom is -0.456 e. The lowest BCUT2D eigenvalue weighted by atomic mass is 9.91. The number of benzene rings is 9. The summed E-state index contributed by atoms with van der Waals surface area (Å²) in [5.41, 5.74) is 8.47. The Morgan fingerprint density at radius 2 is 0.982 bits per heavy atom. The second-order valence-electron chi connectivity index (χ2n) is 13.7. The average Bonchev–Trinajstić information content (AvgIpc) is 3.65. The summed E-state index contributed by atoms with van der Waals surface area (Å²) < 4.78 is 6.50. The molecule has 258 valence electrons. The van der Waals surface area contributed by atoms with E-state index in [2.05, 4.69) is 97.1 Å². The van der Waals surface area contributed by atoms with Crippen molar-refractivity contribution in [3.63, 3.8) is 0 Å². The van der Waals surface area contributed by atoms with Crippen molar-refractivity contribution in [3.8, 4) is 22.3 Å². The Labute approximate surface area is 317 Å². The second-order valence-corrected chi connectivity index (χ2v) is 13.7. The quantitative estimate of drug-likeness (QED) is 0.108. The molecule has 0 spiro atoms. The zero-order valence-electron chi connectivity index (χ0n) is 29.8. The fourth-order valence-corrected chi connectivity index (χ4v) is 7.82. The van der Waals surface area contributed by atoms with Crippen LogP contribution in [-0.2, 0) is 0 Å². The van der Waals surface area contributed by atoms with Crippen molar-refractivity contribution >= 4 is 72.1 Å². The molecule has 0 fully saturated rings. The van der Waals surface area contributed by atoms with Crippen molar-refractivity contribution in [2.75, 3.05) is 0 Å². The molecule has 0 aliphatic rings. The molecule has 1 aromatic heterocycles. The lowest BCUT2D eigenvalue weighted by Crippen LogP contribution is -2.04. The van der Waals surface area contributed by atoms with Crippen molar-refractivity contribution in [2.24, 2.45) is 9.98 Å². The van der Waals surface area contributed by atoms with Gasteiger partial charge in [-0.05, 0) is 72.8 Å². The van der Waals surface area contributed by atoms with Crippen molar-refractivity contribution < 1.29 is 4.42 Å². The zero-order chi connectivity index (χ0) is 36.7. The topological polar surface area (TPSA) is 61.7 Å². The van der Waals surface area contributed by atoms with E-state index in [0.29, 0.717) is 11.4 Å². The molecule has 0 atom stereocenters. The molecule has 0 aliphatic heterocycles. The molecule has 10 rings (SSSR count). The van der Waals surface area contributed by atoms with Crippen LogP contribution in [0.1, 0.15) is 16.7 Å². The first-order valence-electron chi connectivity index (χ1n) is 18.4. The summed E-state index contributed by atoms with van der Waals surface area (Å²) in [5, 5.41) is 18.5. The average molecular weight is 704 g/mol. The van der Waals surface area contributed by atoms with Gasteiger partial charge >= 0.3 is 0 Å². The van der Waals surface area contributed by atoms with Gasteiger partial charge < -0.3 is 4.42 Å². The highest BCUT2D eigenvalue weighted by molar-refractivity contribution is 6.26. The minimum absolute atomic E-state index is 0.140. The van der Waals surface area contributed by atoms with Gasteiger partial charge in [0, 0.05) is 33.7 Å². The Balaban J connectivity index is 1.09. The highest BCUT2D eigenvalue weighted by Gasteiger charge is 2.17. The number of amidine groups is 2. The van der Waals surface area contributed by atoms with Crippen molar-refractivity contribution in [1.82, 2.24) is 0 Å². The first-order valence-corrected chi connectivity index (χ1v) is 18.4. The van der Waals surface area contributed by atoms with Gasteiger partial charge in [0.1, 0.15) is 11.2 Å². The van der Waals surface area contributed by atoms with Gasteiger partial charge in [-0.25, -0.2) is 9.98 Å².